The first-order valence-corrected chi connectivity index (χ1v) is 49.2. The van der Waals surface area contributed by atoms with Crippen LogP contribution in [0.4, 0.5) is 22.7 Å². The molecule has 0 fully saturated rings. The number of anilines is 4. The van der Waals surface area contributed by atoms with E-state index in [0.717, 1.165) is 44.5 Å². The van der Waals surface area contributed by atoms with Gasteiger partial charge in [-0.1, -0.05) is 375 Å². The Hall–Kier alpha value is -11.7. The molecule has 668 valence electrons. The fourth-order valence-electron chi connectivity index (χ4n) is 22.6. The van der Waals surface area contributed by atoms with E-state index in [2.05, 4.69) is 473 Å². The Morgan fingerprint density at radius 1 is 0.235 bits per heavy atom. The summed E-state index contributed by atoms with van der Waals surface area (Å²) in [6.45, 7) is 65.7. The number of hydrogen-bond donors (Lipinski definition) is 0. The van der Waals surface area contributed by atoms with E-state index in [1.807, 2.05) is 0 Å². The molecule has 0 bridgehead atoms. The lowest BCUT2D eigenvalue weighted by Gasteiger charge is -2.45. The van der Waals surface area contributed by atoms with Gasteiger partial charge in [0, 0.05) is 68.8 Å². The zero-order valence-electron chi connectivity index (χ0n) is 84.0. The quantitative estimate of drug-likeness (QED) is 0.0895. The van der Waals surface area contributed by atoms with Gasteiger partial charge in [0.2, 0.25) is 0 Å². The number of benzene rings is 14. The Morgan fingerprint density at radius 3 is 1.03 bits per heavy atom. The van der Waals surface area contributed by atoms with Crippen LogP contribution in [0.25, 0.3) is 99.5 Å². The summed E-state index contributed by atoms with van der Waals surface area (Å²) in [7, 11) is 0. The van der Waals surface area contributed by atoms with Crippen molar-refractivity contribution in [2.45, 2.75) is 267 Å². The van der Waals surface area contributed by atoms with Crippen LogP contribution in [0.1, 0.15) is 283 Å². The zero-order chi connectivity index (χ0) is 93.3. The molecule has 2 aliphatic carbocycles. The summed E-state index contributed by atoms with van der Waals surface area (Å²) in [6, 6.07) is 108. The highest BCUT2D eigenvalue weighted by molar-refractivity contribution is 7.00. The zero-order valence-corrected chi connectivity index (χ0v) is 84.0. The monoisotopic (exact) mass is 1730 g/mol. The highest BCUT2D eigenvalue weighted by Crippen LogP contribution is 2.64. The number of fused-ring (bicyclic) bond motifs is 20. The molecule has 2 aliphatic heterocycles. The third-order valence-electron chi connectivity index (χ3n) is 30.5. The summed E-state index contributed by atoms with van der Waals surface area (Å²) in [5.41, 5.74) is 46.2. The first kappa shape index (κ1) is 88.3. The molecule has 20 rings (SSSR count). The van der Waals surface area contributed by atoms with Crippen LogP contribution in [0.3, 0.4) is 0 Å². The lowest BCUT2D eigenvalue weighted by atomic mass is 9.33. The van der Waals surface area contributed by atoms with Gasteiger partial charge >= 0.3 is 0 Å². The van der Waals surface area contributed by atoms with Crippen LogP contribution in [-0.2, 0) is 67.0 Å². The van der Waals surface area contributed by atoms with Gasteiger partial charge in [-0.3, -0.25) is 0 Å². The number of rotatable bonds is 12. The molecule has 0 radical (unpaired) electrons. The van der Waals surface area contributed by atoms with Crippen molar-refractivity contribution in [2.75, 3.05) is 22.9 Å². The van der Waals surface area contributed by atoms with Crippen molar-refractivity contribution in [1.82, 2.24) is 9.13 Å². The average Bonchev–Trinajstić information content (AvgIpc) is 1.50. The third-order valence-corrected chi connectivity index (χ3v) is 30.5. The maximum Gasteiger partial charge on any atom is 0.252 e. The predicted molar refractivity (Wildman–Crippen MR) is 572 cm³/mol. The van der Waals surface area contributed by atoms with Crippen LogP contribution in [-0.4, -0.2) is 28.9 Å². The third kappa shape index (κ3) is 14.8. The van der Waals surface area contributed by atoms with Gasteiger partial charge in [-0.15, -0.1) is 0 Å². The van der Waals surface area contributed by atoms with Crippen molar-refractivity contribution in [1.29, 1.82) is 0 Å². The van der Waals surface area contributed by atoms with Crippen LogP contribution in [0, 0.1) is 0 Å². The van der Waals surface area contributed by atoms with Crippen molar-refractivity contribution < 1.29 is 0 Å². The summed E-state index contributed by atoms with van der Waals surface area (Å²) in [5, 5.41) is 5.11. The molecule has 16 aromatic rings. The topological polar surface area (TPSA) is 16.3 Å². The van der Waals surface area contributed by atoms with Gasteiger partial charge in [0.25, 0.3) is 6.71 Å². The van der Waals surface area contributed by atoms with Crippen LogP contribution in [0.15, 0.2) is 267 Å². The van der Waals surface area contributed by atoms with E-state index in [4.69, 9.17) is 0 Å². The minimum atomic E-state index is -0.521. The standard InChI is InChI=1S/C127H137BN4/c1-118(2,3)82-49-47-78(97(68-82)80-62-86(122(13,14)15)66-87(63-80)123(16,17)18)38-36-37-60-129-113-74-91(131-110-57-51-84(120(7,8)9)70-100(110)101-71-85(121(10,11)12)52-58-111(101)131)53-55-107(113)128-108-56-54-92(132-109-46-35-31-42-96(109)102-76-99-95-41-30-34-45-105(95)127(106(99)77-112(102)132)103-43-32-28-39-93(103)94-40-29-33-44-104(94)127)75-114(108)130(116-73-90(126(25,26)27)72-115(129)117(116)128)61-59-79-48-50-83(119(4,5)6)69-98(79)81-64-88(124(19,20)21)67-89(65-81)125(22,23)24/h28-35,39-58,62-77H,36-38,59-61H2,1-27H3. The summed E-state index contributed by atoms with van der Waals surface area (Å²) in [4.78, 5) is 5.66. The van der Waals surface area contributed by atoms with E-state index >= 15 is 0 Å². The largest absolute Gasteiger partial charge is 0.342 e. The molecule has 14 aromatic carbocycles. The maximum atomic E-state index is 2.83. The van der Waals surface area contributed by atoms with Crippen LogP contribution in [0.5, 0.6) is 0 Å². The van der Waals surface area contributed by atoms with E-state index in [1.165, 1.54) is 216 Å². The number of nitrogens with zero attached hydrogens (tertiary/aromatic N) is 4. The van der Waals surface area contributed by atoms with Crippen molar-refractivity contribution in [3.8, 4) is 55.9 Å². The molecule has 5 heteroatoms. The Balaban J connectivity index is 0.823. The van der Waals surface area contributed by atoms with Crippen LogP contribution >= 0.6 is 0 Å². The molecule has 2 aromatic heterocycles. The Kier molecular flexibility index (Phi) is 20.5. The summed E-state index contributed by atoms with van der Waals surface area (Å²) < 4.78 is 5.26. The smallest absolute Gasteiger partial charge is 0.252 e. The van der Waals surface area contributed by atoms with Crippen molar-refractivity contribution in [3.63, 3.8) is 0 Å². The molecule has 4 heterocycles. The highest BCUT2D eigenvalue weighted by Gasteiger charge is 2.53. The Bertz CT molecular complexity index is 7220. The fourth-order valence-corrected chi connectivity index (χ4v) is 22.6. The van der Waals surface area contributed by atoms with Gasteiger partial charge in [0.1, 0.15) is 0 Å². The molecule has 0 saturated heterocycles. The van der Waals surface area contributed by atoms with Crippen LogP contribution in [0.2, 0.25) is 0 Å². The van der Waals surface area contributed by atoms with Gasteiger partial charge in [-0.25, -0.2) is 0 Å². The van der Waals surface area contributed by atoms with E-state index in [9.17, 15) is 0 Å². The van der Waals surface area contributed by atoms with E-state index < -0.39 is 5.41 Å². The van der Waals surface area contributed by atoms with Gasteiger partial charge in [0.15, 0.2) is 0 Å². The number of aromatic nitrogens is 2. The first-order valence-electron chi connectivity index (χ1n) is 49.2. The van der Waals surface area contributed by atoms with E-state index in [1.54, 1.807) is 0 Å². The van der Waals surface area contributed by atoms with Gasteiger partial charge in [-0.2, -0.15) is 0 Å². The molecule has 4 aliphatic rings. The molecule has 0 atom stereocenters. The summed E-state index contributed by atoms with van der Waals surface area (Å²) in [5.74, 6) is 0. The maximum absolute atomic E-state index is 2.83. The number of aryl methyl sites for hydroxylation is 1. The highest BCUT2D eigenvalue weighted by atomic mass is 15.2. The van der Waals surface area contributed by atoms with Gasteiger partial charge in [0.05, 0.1) is 27.5 Å². The van der Waals surface area contributed by atoms with E-state index in [0.29, 0.717) is 0 Å². The van der Waals surface area contributed by atoms with Crippen LogP contribution < -0.4 is 26.2 Å². The number of hydrogen-bond acceptors (Lipinski definition) is 2. The minimum absolute atomic E-state index is 0.0250. The molecule has 0 N–H and O–H groups in total. The molecule has 0 unspecified atom stereocenters. The van der Waals surface area contributed by atoms with Crippen molar-refractivity contribution >= 4 is 89.5 Å². The summed E-state index contributed by atoms with van der Waals surface area (Å²) >= 11 is 0. The predicted octanol–water partition coefficient (Wildman–Crippen LogP) is 31.9. The second-order valence-electron chi connectivity index (χ2n) is 48.9. The molecule has 132 heavy (non-hydrogen) atoms. The number of para-hydroxylation sites is 1. The Labute approximate surface area is 789 Å². The second-order valence-corrected chi connectivity index (χ2v) is 48.9. The Morgan fingerprint density at radius 2 is 0.591 bits per heavy atom. The van der Waals surface area contributed by atoms with Crippen molar-refractivity contribution in [2.24, 2.45) is 0 Å². The fraction of sp³-hybridized carbons (Fsp3) is 0.339. The summed E-state index contributed by atoms with van der Waals surface area (Å²) in [6.07, 6.45) is 3.73. The molecular weight excluding hydrogens is 1590 g/mol. The molecular formula is C127H137BN4. The first-order chi connectivity index (χ1) is 62.1. The van der Waals surface area contributed by atoms with E-state index in [-0.39, 0.29) is 55.4 Å². The van der Waals surface area contributed by atoms with Crippen molar-refractivity contribution in [3.05, 3.63) is 350 Å². The van der Waals surface area contributed by atoms with Gasteiger partial charge in [-0.05, 0) is 298 Å². The molecule has 1 spiro atoms. The second kappa shape index (κ2) is 30.7. The minimum Gasteiger partial charge on any atom is -0.342 e. The van der Waals surface area contributed by atoms with Gasteiger partial charge < -0.3 is 18.9 Å². The number of unbranched alkanes of at least 4 members (excludes halogenated alkanes) is 1. The average molecular weight is 1730 g/mol. The lowest BCUT2D eigenvalue weighted by Crippen LogP contribution is -2.62. The molecule has 4 nitrogen and oxygen atoms in total. The SMILES string of the molecule is CC(C)(C)c1cc(-c2cc(C(C)(C)C)ccc2CCCCN2c3cc(-n4c5ccc(C(C)(C)C)cc5c5cc(C(C)(C)C)ccc54)ccc3B3c4ccc(-n5c6ccccc6c6cc7c(cc65)C5(c6ccccc6-c6ccccc65)c5ccccc5-7)cc4N(CCc4ccc(C(C)(C)C)cc4-c4cc(C(C)(C)C)cc(C(C)(C)C)c4)c4cc(C(C)(C)C)cc2c43)cc(C(C)(C)C)c1. The lowest BCUT2D eigenvalue weighted by molar-refractivity contribution is 0.568. The molecule has 0 amide bonds. The molecule has 0 saturated carbocycles. The normalized spacial score (nSPS) is 14.4.